The number of amides is 2. The van der Waals surface area contributed by atoms with E-state index in [1.54, 1.807) is 24.3 Å². The van der Waals surface area contributed by atoms with Crippen molar-refractivity contribution < 1.29 is 24.5 Å². The molecule has 1 aromatic rings. The third-order valence-corrected chi connectivity index (χ3v) is 6.94. The molecule has 7 nitrogen and oxygen atoms in total. The Kier molecular flexibility index (Phi) is 8.76. The molecular weight excluding hydrogens is 420 g/mol. The van der Waals surface area contributed by atoms with Crippen LogP contribution in [0.2, 0.25) is 0 Å². The van der Waals surface area contributed by atoms with Gasteiger partial charge in [0.25, 0.3) is 0 Å². The quantitative estimate of drug-likeness (QED) is 0.600. The number of hydrogen-bond acceptors (Lipinski definition) is 5. The summed E-state index contributed by atoms with van der Waals surface area (Å²) >= 11 is 0. The van der Waals surface area contributed by atoms with E-state index >= 15 is 0 Å². The van der Waals surface area contributed by atoms with Crippen molar-refractivity contribution in [1.29, 1.82) is 0 Å². The Morgan fingerprint density at radius 1 is 1.09 bits per heavy atom. The lowest BCUT2D eigenvalue weighted by molar-refractivity contribution is -0.131. The molecule has 0 spiro atoms. The van der Waals surface area contributed by atoms with Crippen LogP contribution in [0.25, 0.3) is 0 Å². The van der Waals surface area contributed by atoms with Crippen LogP contribution in [0.15, 0.2) is 30.3 Å². The van der Waals surface area contributed by atoms with Crippen molar-refractivity contribution in [2.24, 2.45) is 11.8 Å². The highest BCUT2D eigenvalue weighted by atomic mass is 16.6. The Hall–Kier alpha value is -2.12. The minimum atomic E-state index is -1.05. The molecule has 33 heavy (non-hydrogen) atoms. The molecule has 0 radical (unpaired) electrons. The molecule has 1 aliphatic heterocycles. The SMILES string of the molecule is CC(C)(C)OC(=O)N1CCC(C2CCCCC2)CC1C(=O)N[C@@H](CO)[C@@H](O)c1ccccc1. The third-order valence-electron chi connectivity index (χ3n) is 6.94. The summed E-state index contributed by atoms with van der Waals surface area (Å²) in [6.07, 6.45) is 5.98. The Labute approximate surface area is 197 Å². The van der Waals surface area contributed by atoms with E-state index in [0.29, 0.717) is 30.4 Å². The van der Waals surface area contributed by atoms with Crippen LogP contribution in [0, 0.1) is 11.8 Å². The monoisotopic (exact) mass is 460 g/mol. The lowest BCUT2D eigenvalue weighted by Crippen LogP contribution is -2.57. The first kappa shape index (κ1) is 25.5. The van der Waals surface area contributed by atoms with Gasteiger partial charge in [0, 0.05) is 6.54 Å². The Morgan fingerprint density at radius 3 is 2.36 bits per heavy atom. The van der Waals surface area contributed by atoms with Crippen LogP contribution in [0.1, 0.15) is 77.4 Å². The molecule has 1 saturated carbocycles. The first-order valence-electron chi connectivity index (χ1n) is 12.3. The van der Waals surface area contributed by atoms with Crippen LogP contribution in [0.5, 0.6) is 0 Å². The van der Waals surface area contributed by atoms with Gasteiger partial charge in [0.2, 0.25) is 5.91 Å². The highest BCUT2D eigenvalue weighted by Gasteiger charge is 2.41. The Bertz CT molecular complexity index is 773. The molecule has 4 atom stereocenters. The fourth-order valence-electron chi connectivity index (χ4n) is 5.20. The minimum absolute atomic E-state index is 0.351. The zero-order valence-corrected chi connectivity index (χ0v) is 20.2. The molecule has 0 aromatic heterocycles. The van der Waals surface area contributed by atoms with Gasteiger partial charge in [0.15, 0.2) is 0 Å². The van der Waals surface area contributed by atoms with Crippen molar-refractivity contribution in [3.63, 3.8) is 0 Å². The van der Waals surface area contributed by atoms with E-state index in [9.17, 15) is 19.8 Å². The summed E-state index contributed by atoms with van der Waals surface area (Å²) in [5.74, 6) is 0.611. The predicted octanol–water partition coefficient (Wildman–Crippen LogP) is 3.79. The number of benzene rings is 1. The number of aliphatic hydroxyl groups excluding tert-OH is 2. The van der Waals surface area contributed by atoms with Crippen LogP contribution in [-0.2, 0) is 9.53 Å². The van der Waals surface area contributed by atoms with Crippen molar-refractivity contribution in [2.45, 2.75) is 89.5 Å². The second kappa shape index (κ2) is 11.3. The van der Waals surface area contributed by atoms with Crippen molar-refractivity contribution in [2.75, 3.05) is 13.2 Å². The van der Waals surface area contributed by atoms with Gasteiger partial charge in [-0.3, -0.25) is 9.69 Å². The van der Waals surface area contributed by atoms with Gasteiger partial charge in [0.05, 0.1) is 12.6 Å². The van der Waals surface area contributed by atoms with Gasteiger partial charge in [-0.1, -0.05) is 62.4 Å². The average molecular weight is 461 g/mol. The molecule has 2 unspecified atom stereocenters. The standard InChI is InChI=1S/C26H40N2O5/c1-26(2,3)33-25(32)28-15-14-20(18-10-6-4-7-11-18)16-22(28)24(31)27-21(17-29)23(30)19-12-8-5-9-13-19/h5,8-9,12-13,18,20-23,29-30H,4,6-7,10-11,14-17H2,1-3H3,(H,27,31)/t20?,21-,22?,23-/m0/s1. The van der Waals surface area contributed by atoms with Crippen LogP contribution in [0.4, 0.5) is 4.79 Å². The first-order valence-corrected chi connectivity index (χ1v) is 12.3. The van der Waals surface area contributed by atoms with E-state index in [4.69, 9.17) is 4.74 Å². The predicted molar refractivity (Wildman–Crippen MR) is 126 cm³/mol. The second-order valence-corrected chi connectivity index (χ2v) is 10.5. The summed E-state index contributed by atoms with van der Waals surface area (Å²) in [6.45, 7) is 5.50. The number of hydrogen-bond donors (Lipinski definition) is 3. The molecular formula is C26H40N2O5. The lowest BCUT2D eigenvalue weighted by atomic mass is 9.74. The summed E-state index contributed by atoms with van der Waals surface area (Å²) in [6, 6.07) is 7.41. The number of aliphatic hydroxyl groups is 2. The molecule has 2 aliphatic rings. The summed E-state index contributed by atoms with van der Waals surface area (Å²) < 4.78 is 5.59. The summed E-state index contributed by atoms with van der Waals surface area (Å²) in [5.41, 5.74) is -0.0419. The number of carbonyl (C=O) groups is 2. The maximum atomic E-state index is 13.4. The van der Waals surface area contributed by atoms with E-state index < -0.39 is 36.5 Å². The number of piperidine rings is 1. The maximum Gasteiger partial charge on any atom is 0.410 e. The third kappa shape index (κ3) is 6.93. The van der Waals surface area contributed by atoms with Gasteiger partial charge < -0.3 is 20.3 Å². The molecule has 2 fully saturated rings. The largest absolute Gasteiger partial charge is 0.444 e. The summed E-state index contributed by atoms with van der Waals surface area (Å²) in [5, 5.41) is 23.5. The smallest absolute Gasteiger partial charge is 0.410 e. The first-order chi connectivity index (χ1) is 15.7. The number of carbonyl (C=O) groups excluding carboxylic acids is 2. The zero-order valence-electron chi connectivity index (χ0n) is 20.2. The van der Waals surface area contributed by atoms with Gasteiger partial charge in [-0.05, 0) is 51.0 Å². The highest BCUT2D eigenvalue weighted by Crippen LogP contribution is 2.38. The van der Waals surface area contributed by atoms with Crippen molar-refractivity contribution >= 4 is 12.0 Å². The Balaban J connectivity index is 1.75. The normalized spacial score (nSPS) is 24.1. The Morgan fingerprint density at radius 2 is 1.76 bits per heavy atom. The zero-order chi connectivity index (χ0) is 24.0. The van der Waals surface area contributed by atoms with Gasteiger partial charge in [-0.15, -0.1) is 0 Å². The number of nitrogens with one attached hydrogen (secondary N) is 1. The van der Waals surface area contributed by atoms with Crippen LogP contribution < -0.4 is 5.32 Å². The fourth-order valence-corrected chi connectivity index (χ4v) is 5.20. The van der Waals surface area contributed by atoms with Crippen LogP contribution in [0.3, 0.4) is 0 Å². The van der Waals surface area contributed by atoms with Crippen LogP contribution in [-0.4, -0.2) is 57.9 Å². The van der Waals surface area contributed by atoms with E-state index in [2.05, 4.69) is 5.32 Å². The highest BCUT2D eigenvalue weighted by molar-refractivity contribution is 5.86. The molecule has 0 bridgehead atoms. The van der Waals surface area contributed by atoms with Gasteiger partial charge in [0.1, 0.15) is 17.7 Å². The lowest BCUT2D eigenvalue weighted by Gasteiger charge is -2.42. The molecule has 1 saturated heterocycles. The second-order valence-electron chi connectivity index (χ2n) is 10.5. The topological polar surface area (TPSA) is 99.1 Å². The molecule has 3 rings (SSSR count). The molecule has 3 N–H and O–H groups in total. The fraction of sp³-hybridized carbons (Fsp3) is 0.692. The van der Waals surface area contributed by atoms with Crippen molar-refractivity contribution in [3.8, 4) is 0 Å². The van der Waals surface area contributed by atoms with E-state index in [1.807, 2.05) is 26.8 Å². The van der Waals surface area contributed by atoms with E-state index in [0.717, 1.165) is 6.42 Å². The van der Waals surface area contributed by atoms with Crippen molar-refractivity contribution in [3.05, 3.63) is 35.9 Å². The number of likely N-dealkylation sites (tertiary alicyclic amines) is 1. The summed E-state index contributed by atoms with van der Waals surface area (Å²) in [7, 11) is 0. The molecule has 1 heterocycles. The summed E-state index contributed by atoms with van der Waals surface area (Å²) in [4.78, 5) is 27.9. The van der Waals surface area contributed by atoms with Crippen molar-refractivity contribution in [1.82, 2.24) is 10.2 Å². The number of rotatable bonds is 6. The van der Waals surface area contributed by atoms with Crippen LogP contribution >= 0.6 is 0 Å². The molecule has 1 aromatic carbocycles. The maximum absolute atomic E-state index is 13.4. The van der Waals surface area contributed by atoms with E-state index in [1.165, 1.54) is 37.0 Å². The average Bonchev–Trinajstić information content (AvgIpc) is 2.81. The number of ether oxygens (including phenoxy) is 1. The van der Waals surface area contributed by atoms with Gasteiger partial charge in [-0.2, -0.15) is 0 Å². The molecule has 184 valence electrons. The number of nitrogens with zero attached hydrogens (tertiary/aromatic N) is 1. The van der Waals surface area contributed by atoms with Gasteiger partial charge >= 0.3 is 6.09 Å². The molecule has 7 heteroatoms. The van der Waals surface area contributed by atoms with E-state index in [-0.39, 0.29) is 5.91 Å². The molecule has 1 aliphatic carbocycles. The minimum Gasteiger partial charge on any atom is -0.444 e. The molecule has 2 amide bonds. The van der Waals surface area contributed by atoms with Gasteiger partial charge in [-0.25, -0.2) is 4.79 Å².